The first-order valence-electron chi connectivity index (χ1n) is 6.20. The van der Waals surface area contributed by atoms with E-state index in [2.05, 4.69) is 31.9 Å². The van der Waals surface area contributed by atoms with Gasteiger partial charge in [0.25, 0.3) is 5.91 Å². The van der Waals surface area contributed by atoms with Crippen LogP contribution in [0.5, 0.6) is 0 Å². The Balaban J connectivity index is 2.55. The number of amides is 1. The van der Waals surface area contributed by atoms with Crippen molar-refractivity contribution in [2.75, 3.05) is 11.5 Å². The molecule has 0 aromatic heterocycles. The van der Waals surface area contributed by atoms with Crippen molar-refractivity contribution in [2.45, 2.75) is 19.4 Å². The van der Waals surface area contributed by atoms with Gasteiger partial charge in [-0.05, 0) is 54.0 Å². The van der Waals surface area contributed by atoms with Crippen molar-refractivity contribution >= 4 is 49.4 Å². The summed E-state index contributed by atoms with van der Waals surface area (Å²) in [4.78, 5) is 25.8. The molecule has 1 N–H and O–H groups in total. The van der Waals surface area contributed by atoms with Crippen LogP contribution in [0.3, 0.4) is 0 Å². The Kier molecular flexibility index (Phi) is 4.43. The molecule has 0 spiro atoms. The highest BCUT2D eigenvalue weighted by molar-refractivity contribution is 9.11. The molecule has 0 radical (unpaired) electrons. The number of rotatable bonds is 3. The van der Waals surface area contributed by atoms with Gasteiger partial charge in [-0.15, -0.1) is 0 Å². The Morgan fingerprint density at radius 3 is 2.43 bits per heavy atom. The number of hydrogen-bond donors (Lipinski definition) is 1. The fourth-order valence-corrected chi connectivity index (χ4v) is 2.92. The van der Waals surface area contributed by atoms with Crippen molar-refractivity contribution in [2.24, 2.45) is 0 Å². The maximum atomic E-state index is 12.3. The van der Waals surface area contributed by atoms with E-state index in [4.69, 9.17) is 4.74 Å². The van der Waals surface area contributed by atoms with Crippen LogP contribution >= 0.6 is 31.9 Å². The summed E-state index contributed by atoms with van der Waals surface area (Å²) >= 11 is 6.46. The molecule has 0 aliphatic carbocycles. The zero-order valence-electron chi connectivity index (χ0n) is 11.4. The normalized spacial score (nSPS) is 21.9. The lowest BCUT2D eigenvalue weighted by atomic mass is 10.0. The number of aliphatic hydroxyl groups excluding tert-OH is 1. The van der Waals surface area contributed by atoms with Crippen molar-refractivity contribution in [1.82, 2.24) is 0 Å². The van der Waals surface area contributed by atoms with E-state index in [0.717, 1.165) is 4.47 Å². The number of halogens is 2. The number of ether oxygens (including phenoxy) is 1. The molecule has 0 saturated heterocycles. The largest absolute Gasteiger partial charge is 0.502 e. The summed E-state index contributed by atoms with van der Waals surface area (Å²) in [7, 11) is 0. The maximum Gasteiger partial charge on any atom is 0.337 e. The summed E-state index contributed by atoms with van der Waals surface area (Å²) in [6, 6.07) is 6.85. The van der Waals surface area contributed by atoms with E-state index in [9.17, 15) is 14.7 Å². The van der Waals surface area contributed by atoms with Crippen LogP contribution in [0, 0.1) is 0 Å². The number of carbonyl (C=O) groups is 2. The molecule has 112 valence electrons. The minimum atomic E-state index is -1.43. The van der Waals surface area contributed by atoms with E-state index >= 15 is 0 Å². The summed E-state index contributed by atoms with van der Waals surface area (Å²) in [5.74, 6) is -1.76. The van der Waals surface area contributed by atoms with E-state index in [1.807, 2.05) is 0 Å². The maximum absolute atomic E-state index is 12.3. The first-order valence-corrected chi connectivity index (χ1v) is 7.79. The molecule has 1 amide bonds. The number of carbonyl (C=O) groups excluding carboxylic acids is 2. The van der Waals surface area contributed by atoms with E-state index in [1.54, 1.807) is 31.2 Å². The fourth-order valence-electron chi connectivity index (χ4n) is 2.15. The fraction of sp³-hybridized carbons (Fsp3) is 0.286. The van der Waals surface area contributed by atoms with Crippen molar-refractivity contribution in [1.29, 1.82) is 0 Å². The number of hydrogen-bond acceptors (Lipinski definition) is 4. The van der Waals surface area contributed by atoms with Gasteiger partial charge in [0, 0.05) is 10.2 Å². The molecule has 1 aliphatic rings. The molecule has 5 nitrogen and oxygen atoms in total. The van der Waals surface area contributed by atoms with Gasteiger partial charge in [-0.1, -0.05) is 15.9 Å². The lowest BCUT2D eigenvalue weighted by Gasteiger charge is -2.33. The number of esters is 1. The van der Waals surface area contributed by atoms with Crippen LogP contribution in [-0.2, 0) is 14.3 Å². The summed E-state index contributed by atoms with van der Waals surface area (Å²) in [6.45, 7) is 3.38. The second-order valence-corrected chi connectivity index (χ2v) is 6.28. The summed E-state index contributed by atoms with van der Waals surface area (Å²) in [5.41, 5.74) is -0.940. The van der Waals surface area contributed by atoms with Crippen LogP contribution in [0.4, 0.5) is 5.69 Å². The summed E-state index contributed by atoms with van der Waals surface area (Å²) in [6.07, 6.45) is 0. The molecule has 0 saturated carbocycles. The molecule has 1 unspecified atom stereocenters. The third-order valence-corrected chi connectivity index (χ3v) is 4.92. The molecule has 0 bridgehead atoms. The highest BCUT2D eigenvalue weighted by Crippen LogP contribution is 2.42. The van der Waals surface area contributed by atoms with Gasteiger partial charge in [0.05, 0.1) is 11.1 Å². The first-order chi connectivity index (χ1) is 9.83. The average molecular weight is 419 g/mol. The topological polar surface area (TPSA) is 66.8 Å². The number of nitrogens with zero attached hydrogens (tertiary/aromatic N) is 1. The second-order valence-electron chi connectivity index (χ2n) is 4.57. The molecule has 2 rings (SSSR count). The average Bonchev–Trinajstić information content (AvgIpc) is 2.63. The van der Waals surface area contributed by atoms with E-state index in [0.29, 0.717) is 5.69 Å². The summed E-state index contributed by atoms with van der Waals surface area (Å²) in [5, 5.41) is 9.93. The second kappa shape index (κ2) is 5.81. The van der Waals surface area contributed by atoms with Crippen LogP contribution in [-0.4, -0.2) is 29.1 Å². The minimum absolute atomic E-state index is 0.0985. The van der Waals surface area contributed by atoms with Crippen LogP contribution < -0.4 is 4.90 Å². The highest BCUT2D eigenvalue weighted by atomic mass is 79.9. The third-order valence-electron chi connectivity index (χ3n) is 3.25. The Bertz CT molecular complexity index is 626. The van der Waals surface area contributed by atoms with Gasteiger partial charge < -0.3 is 9.84 Å². The van der Waals surface area contributed by atoms with Crippen LogP contribution in [0.25, 0.3) is 0 Å². The molecule has 1 aromatic rings. The number of anilines is 1. The van der Waals surface area contributed by atoms with Crippen molar-refractivity contribution < 1.29 is 19.4 Å². The standard InChI is InChI=1S/C14H13Br2NO4/c1-3-21-13(20)14(2)11(16)10(18)12(19)17(14)9-6-4-8(15)5-7-9/h4-7,18H,3H2,1-2H3. The molecule has 1 aliphatic heterocycles. The van der Waals surface area contributed by atoms with Gasteiger partial charge in [-0.2, -0.15) is 0 Å². The summed E-state index contributed by atoms with van der Waals surface area (Å²) < 4.78 is 5.99. The third kappa shape index (κ3) is 2.48. The van der Waals surface area contributed by atoms with Gasteiger partial charge in [-0.3, -0.25) is 9.69 Å². The zero-order valence-corrected chi connectivity index (χ0v) is 14.6. The Morgan fingerprint density at radius 2 is 1.90 bits per heavy atom. The smallest absolute Gasteiger partial charge is 0.337 e. The SMILES string of the molecule is CCOC(=O)C1(C)C(Br)=C(O)C(=O)N1c1ccc(Br)cc1. The van der Waals surface area contributed by atoms with Crippen molar-refractivity contribution in [3.05, 3.63) is 39.0 Å². The lowest BCUT2D eigenvalue weighted by molar-refractivity contribution is -0.147. The number of benzene rings is 1. The van der Waals surface area contributed by atoms with Gasteiger partial charge in [-0.25, -0.2) is 4.79 Å². The Labute approximate surface area is 138 Å². The molecule has 1 aromatic carbocycles. The molecule has 0 fully saturated rings. The molecular weight excluding hydrogens is 406 g/mol. The Morgan fingerprint density at radius 1 is 1.33 bits per heavy atom. The van der Waals surface area contributed by atoms with Crippen LogP contribution in [0.2, 0.25) is 0 Å². The predicted molar refractivity (Wildman–Crippen MR) is 85.2 cm³/mol. The molecule has 1 heterocycles. The molecule has 7 heteroatoms. The van der Waals surface area contributed by atoms with Gasteiger partial charge in [0.15, 0.2) is 11.3 Å². The Hall–Kier alpha value is -1.34. The van der Waals surface area contributed by atoms with Gasteiger partial charge >= 0.3 is 5.97 Å². The minimum Gasteiger partial charge on any atom is -0.502 e. The van der Waals surface area contributed by atoms with E-state index < -0.39 is 23.2 Å². The number of aliphatic hydroxyl groups is 1. The van der Waals surface area contributed by atoms with Gasteiger partial charge in [0.1, 0.15) is 0 Å². The van der Waals surface area contributed by atoms with Crippen molar-refractivity contribution in [3.63, 3.8) is 0 Å². The van der Waals surface area contributed by atoms with Crippen LogP contribution in [0.1, 0.15) is 13.8 Å². The highest BCUT2D eigenvalue weighted by Gasteiger charge is 2.55. The van der Waals surface area contributed by atoms with E-state index in [-0.39, 0.29) is 11.1 Å². The van der Waals surface area contributed by atoms with Crippen molar-refractivity contribution in [3.8, 4) is 0 Å². The predicted octanol–water partition coefficient (Wildman–Crippen LogP) is 3.28. The first kappa shape index (κ1) is 16.0. The van der Waals surface area contributed by atoms with Crippen LogP contribution in [0.15, 0.2) is 39.0 Å². The zero-order chi connectivity index (χ0) is 15.8. The lowest BCUT2D eigenvalue weighted by Crippen LogP contribution is -2.52. The molecular formula is C14H13Br2NO4. The quantitative estimate of drug-likeness (QED) is 0.765. The van der Waals surface area contributed by atoms with Gasteiger partial charge in [0.2, 0.25) is 0 Å². The van der Waals surface area contributed by atoms with E-state index in [1.165, 1.54) is 11.8 Å². The molecule has 21 heavy (non-hydrogen) atoms. The molecule has 1 atom stereocenters. The monoisotopic (exact) mass is 417 g/mol.